The van der Waals surface area contributed by atoms with Gasteiger partial charge in [0, 0.05) is 6.61 Å². The molecule has 1 aliphatic rings. The predicted molar refractivity (Wildman–Crippen MR) is 55.9 cm³/mol. The minimum Gasteiger partial charge on any atom is -0.376 e. The maximum atomic E-state index is 5.70. The summed E-state index contributed by atoms with van der Waals surface area (Å²) in [4.78, 5) is 0. The summed E-state index contributed by atoms with van der Waals surface area (Å²) in [6, 6.07) is 0. The minimum atomic E-state index is 0.0299. The third kappa shape index (κ3) is 5.27. The summed E-state index contributed by atoms with van der Waals surface area (Å²) in [7, 11) is 0. The second kappa shape index (κ2) is 4.97. The minimum absolute atomic E-state index is 0.0299. The fourth-order valence-electron chi connectivity index (χ4n) is 1.70. The lowest BCUT2D eigenvalue weighted by atomic mass is 9.97. The Hall–Kier alpha value is -0.0800. The molecule has 1 atom stereocenters. The molecule has 1 saturated heterocycles. The van der Waals surface area contributed by atoms with Crippen LogP contribution in [0, 0.1) is 5.92 Å². The summed E-state index contributed by atoms with van der Waals surface area (Å²) in [5.74, 6) is 0.844. The Morgan fingerprint density at radius 1 is 1.38 bits per heavy atom. The molecule has 78 valence electrons. The molecule has 0 aromatic carbocycles. The van der Waals surface area contributed by atoms with Gasteiger partial charge in [0.2, 0.25) is 0 Å². The van der Waals surface area contributed by atoms with Crippen LogP contribution in [0.3, 0.4) is 0 Å². The largest absolute Gasteiger partial charge is 0.376 e. The molecule has 0 aliphatic carbocycles. The molecule has 0 aromatic rings. The molecule has 1 rings (SSSR count). The van der Waals surface area contributed by atoms with E-state index in [-0.39, 0.29) is 5.60 Å². The van der Waals surface area contributed by atoms with Gasteiger partial charge in [-0.15, -0.1) is 0 Å². The van der Waals surface area contributed by atoms with E-state index in [1.165, 1.54) is 32.4 Å². The Balaban J connectivity index is 2.04. The highest BCUT2D eigenvalue weighted by Crippen LogP contribution is 2.15. The maximum Gasteiger partial charge on any atom is 0.0598 e. The molecule has 1 unspecified atom stereocenters. The number of hydrogen-bond acceptors (Lipinski definition) is 2. The molecule has 0 bridgehead atoms. The van der Waals surface area contributed by atoms with Crippen molar-refractivity contribution in [3.8, 4) is 0 Å². The normalized spacial score (nSPS) is 24.7. The van der Waals surface area contributed by atoms with Crippen molar-refractivity contribution in [2.75, 3.05) is 19.7 Å². The summed E-state index contributed by atoms with van der Waals surface area (Å²) < 4.78 is 5.70. The van der Waals surface area contributed by atoms with E-state index in [1.807, 2.05) is 0 Å². The van der Waals surface area contributed by atoms with Crippen LogP contribution >= 0.6 is 0 Å². The van der Waals surface area contributed by atoms with Crippen molar-refractivity contribution in [1.82, 2.24) is 5.32 Å². The Morgan fingerprint density at radius 2 is 2.15 bits per heavy atom. The summed E-state index contributed by atoms with van der Waals surface area (Å²) in [5, 5.41) is 3.43. The maximum absolute atomic E-state index is 5.70. The van der Waals surface area contributed by atoms with Crippen molar-refractivity contribution in [3.63, 3.8) is 0 Å². The number of ether oxygens (including phenoxy) is 1. The van der Waals surface area contributed by atoms with Crippen molar-refractivity contribution in [2.24, 2.45) is 5.92 Å². The molecule has 0 saturated carbocycles. The zero-order valence-electron chi connectivity index (χ0n) is 9.23. The van der Waals surface area contributed by atoms with E-state index >= 15 is 0 Å². The Kier molecular flexibility index (Phi) is 4.20. The van der Waals surface area contributed by atoms with Crippen LogP contribution in [0.15, 0.2) is 0 Å². The summed E-state index contributed by atoms with van der Waals surface area (Å²) >= 11 is 0. The third-order valence-corrected chi connectivity index (χ3v) is 2.46. The van der Waals surface area contributed by atoms with E-state index in [1.54, 1.807) is 0 Å². The van der Waals surface area contributed by atoms with Crippen LogP contribution < -0.4 is 5.32 Å². The van der Waals surface area contributed by atoms with Crippen molar-refractivity contribution in [3.05, 3.63) is 0 Å². The van der Waals surface area contributed by atoms with Gasteiger partial charge in [-0.05, 0) is 59.0 Å². The highest BCUT2D eigenvalue weighted by Gasteiger charge is 2.15. The van der Waals surface area contributed by atoms with Crippen molar-refractivity contribution in [1.29, 1.82) is 0 Å². The van der Waals surface area contributed by atoms with Crippen LogP contribution in [0.5, 0.6) is 0 Å². The van der Waals surface area contributed by atoms with Gasteiger partial charge in [0.05, 0.1) is 5.60 Å². The molecule has 0 amide bonds. The van der Waals surface area contributed by atoms with Crippen LogP contribution in [0.25, 0.3) is 0 Å². The first kappa shape index (κ1) is 11.0. The van der Waals surface area contributed by atoms with Gasteiger partial charge < -0.3 is 10.1 Å². The molecule has 2 nitrogen and oxygen atoms in total. The van der Waals surface area contributed by atoms with Gasteiger partial charge in [0.1, 0.15) is 0 Å². The van der Waals surface area contributed by atoms with Crippen LogP contribution in [0.4, 0.5) is 0 Å². The molecule has 13 heavy (non-hydrogen) atoms. The van der Waals surface area contributed by atoms with E-state index in [0.29, 0.717) is 0 Å². The Labute approximate surface area is 82.0 Å². The SMILES string of the molecule is CC(C)(C)OCCC1CCCNC1. The van der Waals surface area contributed by atoms with E-state index in [4.69, 9.17) is 4.74 Å². The number of rotatable bonds is 3. The molecule has 1 N–H and O–H groups in total. The van der Waals surface area contributed by atoms with E-state index < -0.39 is 0 Å². The van der Waals surface area contributed by atoms with E-state index in [0.717, 1.165) is 12.5 Å². The van der Waals surface area contributed by atoms with Crippen LogP contribution in [0.2, 0.25) is 0 Å². The average Bonchev–Trinajstić information content (AvgIpc) is 2.04. The second-order valence-corrected chi connectivity index (χ2v) is 4.96. The monoisotopic (exact) mass is 185 g/mol. The smallest absolute Gasteiger partial charge is 0.0598 e. The van der Waals surface area contributed by atoms with Crippen LogP contribution in [-0.4, -0.2) is 25.3 Å². The Morgan fingerprint density at radius 3 is 2.69 bits per heavy atom. The van der Waals surface area contributed by atoms with Gasteiger partial charge in [0.25, 0.3) is 0 Å². The molecule has 0 radical (unpaired) electrons. The first-order chi connectivity index (χ1) is 6.08. The summed E-state index contributed by atoms with van der Waals surface area (Å²) in [6.45, 7) is 9.66. The van der Waals surface area contributed by atoms with Gasteiger partial charge in [-0.1, -0.05) is 0 Å². The molecule has 1 heterocycles. The summed E-state index contributed by atoms with van der Waals surface area (Å²) in [5.41, 5.74) is 0.0299. The third-order valence-electron chi connectivity index (χ3n) is 2.46. The quantitative estimate of drug-likeness (QED) is 0.727. The number of piperidine rings is 1. The van der Waals surface area contributed by atoms with Crippen LogP contribution in [-0.2, 0) is 4.74 Å². The zero-order chi connectivity index (χ0) is 9.73. The second-order valence-electron chi connectivity index (χ2n) is 4.96. The summed E-state index contributed by atoms with van der Waals surface area (Å²) in [6.07, 6.45) is 3.92. The molecule has 0 aromatic heterocycles. The number of nitrogens with one attached hydrogen (secondary N) is 1. The van der Waals surface area contributed by atoms with Crippen LogP contribution in [0.1, 0.15) is 40.0 Å². The zero-order valence-corrected chi connectivity index (χ0v) is 9.23. The molecule has 0 spiro atoms. The lowest BCUT2D eigenvalue weighted by Gasteiger charge is -2.25. The lowest BCUT2D eigenvalue weighted by Crippen LogP contribution is -2.31. The standard InChI is InChI=1S/C11H23NO/c1-11(2,3)13-8-6-10-5-4-7-12-9-10/h10,12H,4-9H2,1-3H3. The van der Waals surface area contributed by atoms with Crippen molar-refractivity contribution < 1.29 is 4.74 Å². The topological polar surface area (TPSA) is 21.3 Å². The van der Waals surface area contributed by atoms with E-state index in [9.17, 15) is 0 Å². The highest BCUT2D eigenvalue weighted by molar-refractivity contribution is 4.69. The fourth-order valence-corrected chi connectivity index (χ4v) is 1.70. The lowest BCUT2D eigenvalue weighted by molar-refractivity contribution is -0.0103. The first-order valence-corrected chi connectivity index (χ1v) is 5.42. The van der Waals surface area contributed by atoms with Gasteiger partial charge in [0.15, 0.2) is 0 Å². The highest BCUT2D eigenvalue weighted by atomic mass is 16.5. The molecular formula is C11H23NO. The molecule has 1 aliphatic heterocycles. The first-order valence-electron chi connectivity index (χ1n) is 5.42. The molecule has 2 heteroatoms. The Bertz CT molecular complexity index is 134. The molecular weight excluding hydrogens is 162 g/mol. The van der Waals surface area contributed by atoms with Gasteiger partial charge in [-0.3, -0.25) is 0 Å². The van der Waals surface area contributed by atoms with Crippen molar-refractivity contribution in [2.45, 2.75) is 45.6 Å². The van der Waals surface area contributed by atoms with Crippen molar-refractivity contribution >= 4 is 0 Å². The predicted octanol–water partition coefficient (Wildman–Crippen LogP) is 2.19. The van der Waals surface area contributed by atoms with Gasteiger partial charge in [-0.25, -0.2) is 0 Å². The fraction of sp³-hybridized carbons (Fsp3) is 1.00. The van der Waals surface area contributed by atoms with Gasteiger partial charge >= 0.3 is 0 Å². The van der Waals surface area contributed by atoms with E-state index in [2.05, 4.69) is 26.1 Å². The average molecular weight is 185 g/mol. The number of hydrogen-bond donors (Lipinski definition) is 1. The van der Waals surface area contributed by atoms with Gasteiger partial charge in [-0.2, -0.15) is 0 Å². The molecule has 1 fully saturated rings.